The van der Waals surface area contributed by atoms with E-state index in [-0.39, 0.29) is 12.3 Å². The van der Waals surface area contributed by atoms with Crippen molar-refractivity contribution in [2.45, 2.75) is 64.3 Å². The van der Waals surface area contributed by atoms with Crippen molar-refractivity contribution in [2.75, 3.05) is 0 Å². The maximum absolute atomic E-state index is 13.4. The SMILES string of the molecule is CC(C)CC1(C(=O)O)NC(c2ccc(C(F)(F)F)cc2)C2C(=O)N(C(C)(C)C)C(=O)C21. The molecule has 2 amide bonds. The van der Waals surface area contributed by atoms with E-state index in [0.29, 0.717) is 5.56 Å². The monoisotopic (exact) mass is 440 g/mol. The number of nitrogens with zero attached hydrogens (tertiary/aromatic N) is 1. The third kappa shape index (κ3) is 3.73. The van der Waals surface area contributed by atoms with Gasteiger partial charge in [-0.25, -0.2) is 0 Å². The average molecular weight is 440 g/mol. The van der Waals surface area contributed by atoms with Crippen molar-refractivity contribution in [1.29, 1.82) is 0 Å². The first kappa shape index (κ1) is 23.2. The van der Waals surface area contributed by atoms with Gasteiger partial charge in [0, 0.05) is 11.6 Å². The Morgan fingerprint density at radius 1 is 1.13 bits per heavy atom. The molecule has 3 rings (SSSR count). The number of fused-ring (bicyclic) bond motifs is 1. The highest BCUT2D eigenvalue weighted by Gasteiger charge is 2.69. The van der Waals surface area contributed by atoms with Crippen molar-refractivity contribution in [1.82, 2.24) is 10.2 Å². The molecule has 2 fully saturated rings. The van der Waals surface area contributed by atoms with Gasteiger partial charge in [-0.15, -0.1) is 0 Å². The van der Waals surface area contributed by atoms with Crippen molar-refractivity contribution in [3.05, 3.63) is 35.4 Å². The van der Waals surface area contributed by atoms with Gasteiger partial charge in [0.05, 0.1) is 17.4 Å². The Morgan fingerprint density at radius 3 is 2.10 bits per heavy atom. The summed E-state index contributed by atoms with van der Waals surface area (Å²) < 4.78 is 38.9. The van der Waals surface area contributed by atoms with E-state index in [1.807, 2.05) is 13.8 Å². The van der Waals surface area contributed by atoms with Crippen LogP contribution in [-0.2, 0) is 20.6 Å². The number of carbonyl (C=O) groups excluding carboxylic acids is 2. The molecule has 0 radical (unpaired) electrons. The van der Waals surface area contributed by atoms with Crippen LogP contribution >= 0.6 is 0 Å². The normalized spacial score (nSPS) is 29.1. The fraction of sp³-hybridized carbons (Fsp3) is 0.591. The maximum atomic E-state index is 13.4. The van der Waals surface area contributed by atoms with E-state index in [9.17, 15) is 32.7 Å². The van der Waals surface area contributed by atoms with Crippen LogP contribution in [0.15, 0.2) is 24.3 Å². The van der Waals surface area contributed by atoms with Crippen LogP contribution < -0.4 is 5.32 Å². The molecule has 2 heterocycles. The summed E-state index contributed by atoms with van der Waals surface area (Å²) >= 11 is 0. The number of hydrogen-bond acceptors (Lipinski definition) is 4. The summed E-state index contributed by atoms with van der Waals surface area (Å²) in [7, 11) is 0. The Hall–Kier alpha value is -2.42. The molecule has 0 aromatic heterocycles. The number of hydrogen-bond donors (Lipinski definition) is 2. The number of nitrogens with one attached hydrogen (secondary N) is 1. The first-order valence-electron chi connectivity index (χ1n) is 10.2. The molecular weight excluding hydrogens is 413 g/mol. The number of likely N-dealkylation sites (tertiary alicyclic amines) is 1. The van der Waals surface area contributed by atoms with Crippen LogP contribution in [0, 0.1) is 17.8 Å². The molecule has 2 N–H and O–H groups in total. The van der Waals surface area contributed by atoms with Crippen molar-refractivity contribution in [2.24, 2.45) is 17.8 Å². The quantitative estimate of drug-likeness (QED) is 0.699. The van der Waals surface area contributed by atoms with Gasteiger partial charge in [-0.3, -0.25) is 24.6 Å². The molecule has 1 aromatic rings. The predicted octanol–water partition coefficient (Wildman–Crippen LogP) is 3.62. The van der Waals surface area contributed by atoms with E-state index in [1.165, 1.54) is 12.1 Å². The Bertz CT molecular complexity index is 905. The van der Waals surface area contributed by atoms with Gasteiger partial charge in [-0.05, 0) is 50.8 Å². The zero-order valence-electron chi connectivity index (χ0n) is 18.1. The lowest BCUT2D eigenvalue weighted by molar-refractivity contribution is -0.154. The Morgan fingerprint density at radius 2 is 1.68 bits per heavy atom. The Kier molecular flexibility index (Phi) is 5.49. The van der Waals surface area contributed by atoms with E-state index in [2.05, 4.69) is 5.32 Å². The Labute approximate surface area is 178 Å². The summed E-state index contributed by atoms with van der Waals surface area (Å²) in [5.74, 6) is -4.59. The lowest BCUT2D eigenvalue weighted by Gasteiger charge is -2.36. The third-order valence-electron chi connectivity index (χ3n) is 6.03. The second-order valence-corrected chi connectivity index (χ2v) is 9.80. The highest BCUT2D eigenvalue weighted by atomic mass is 19.4. The second kappa shape index (κ2) is 7.32. The van der Waals surface area contributed by atoms with Crippen LogP contribution in [0.4, 0.5) is 13.2 Å². The highest BCUT2D eigenvalue weighted by molar-refractivity contribution is 6.10. The first-order chi connectivity index (χ1) is 14.1. The largest absolute Gasteiger partial charge is 0.480 e. The van der Waals surface area contributed by atoms with E-state index in [1.54, 1.807) is 20.8 Å². The van der Waals surface area contributed by atoms with Gasteiger partial charge in [0.15, 0.2) is 0 Å². The molecule has 0 spiro atoms. The molecule has 31 heavy (non-hydrogen) atoms. The van der Waals surface area contributed by atoms with E-state index >= 15 is 0 Å². The summed E-state index contributed by atoms with van der Waals surface area (Å²) in [5.41, 5.74) is -3.06. The zero-order valence-corrected chi connectivity index (χ0v) is 18.1. The summed E-state index contributed by atoms with van der Waals surface area (Å²) in [4.78, 5) is 40.3. The maximum Gasteiger partial charge on any atom is 0.416 e. The second-order valence-electron chi connectivity index (χ2n) is 9.80. The molecule has 0 bridgehead atoms. The summed E-state index contributed by atoms with van der Waals surface area (Å²) in [6, 6.07) is 3.38. The molecule has 2 aliphatic heterocycles. The molecule has 0 saturated carbocycles. The molecule has 2 saturated heterocycles. The van der Waals surface area contributed by atoms with Gasteiger partial charge in [-0.1, -0.05) is 26.0 Å². The van der Waals surface area contributed by atoms with Crippen molar-refractivity contribution >= 4 is 17.8 Å². The predicted molar refractivity (Wildman–Crippen MR) is 106 cm³/mol. The van der Waals surface area contributed by atoms with Crippen LogP contribution in [0.3, 0.4) is 0 Å². The number of imide groups is 1. The van der Waals surface area contributed by atoms with E-state index < -0.39 is 58.5 Å². The zero-order chi connectivity index (χ0) is 23.5. The first-order valence-corrected chi connectivity index (χ1v) is 10.2. The van der Waals surface area contributed by atoms with Gasteiger partial charge < -0.3 is 5.11 Å². The average Bonchev–Trinajstić information content (AvgIpc) is 3.08. The van der Waals surface area contributed by atoms with Crippen LogP contribution in [0.25, 0.3) is 0 Å². The summed E-state index contributed by atoms with van der Waals surface area (Å²) in [6.07, 6.45) is -4.42. The van der Waals surface area contributed by atoms with E-state index in [0.717, 1.165) is 17.0 Å². The minimum absolute atomic E-state index is 0.0949. The molecule has 170 valence electrons. The topological polar surface area (TPSA) is 86.7 Å². The van der Waals surface area contributed by atoms with Crippen molar-refractivity contribution in [3.8, 4) is 0 Å². The smallest absolute Gasteiger partial charge is 0.416 e. The van der Waals surface area contributed by atoms with Crippen LogP contribution in [0.1, 0.15) is 58.2 Å². The number of benzene rings is 1. The van der Waals surface area contributed by atoms with Crippen LogP contribution in [0.2, 0.25) is 0 Å². The molecule has 6 nitrogen and oxygen atoms in total. The summed E-state index contributed by atoms with van der Waals surface area (Å²) in [5, 5.41) is 13.2. The van der Waals surface area contributed by atoms with Crippen molar-refractivity contribution < 1.29 is 32.7 Å². The fourth-order valence-corrected chi connectivity index (χ4v) is 4.95. The standard InChI is InChI=1S/C22H27F3N2O4/c1-11(2)10-21(19(30)31)15-14(17(28)27(18(15)29)20(3,4)5)16(26-21)12-6-8-13(9-7-12)22(23,24)25/h6-9,11,14-16,26H,10H2,1-5H3,(H,30,31). The molecule has 0 aliphatic carbocycles. The molecular formula is C22H27F3N2O4. The lowest BCUT2D eigenvalue weighted by Crippen LogP contribution is -2.58. The van der Waals surface area contributed by atoms with Gasteiger partial charge in [0.25, 0.3) is 0 Å². The number of rotatable bonds is 4. The third-order valence-corrected chi connectivity index (χ3v) is 6.03. The number of halogens is 3. The van der Waals surface area contributed by atoms with Gasteiger partial charge in [0.1, 0.15) is 5.54 Å². The molecule has 9 heteroatoms. The fourth-order valence-electron chi connectivity index (χ4n) is 4.95. The molecule has 2 aliphatic rings. The van der Waals surface area contributed by atoms with Gasteiger partial charge in [-0.2, -0.15) is 13.2 Å². The Balaban J connectivity index is 2.14. The van der Waals surface area contributed by atoms with Crippen LogP contribution in [0.5, 0.6) is 0 Å². The van der Waals surface area contributed by atoms with Gasteiger partial charge >= 0.3 is 12.1 Å². The molecule has 4 atom stereocenters. The number of aliphatic carboxylic acids is 1. The number of carboxylic acids is 1. The lowest BCUT2D eigenvalue weighted by atomic mass is 9.75. The van der Waals surface area contributed by atoms with Crippen molar-refractivity contribution in [3.63, 3.8) is 0 Å². The minimum Gasteiger partial charge on any atom is -0.480 e. The van der Waals surface area contributed by atoms with Gasteiger partial charge in [0.2, 0.25) is 11.8 Å². The summed E-state index contributed by atoms with van der Waals surface area (Å²) in [6.45, 7) is 8.70. The number of alkyl halides is 3. The highest BCUT2D eigenvalue weighted by Crippen LogP contribution is 2.52. The number of carbonyl (C=O) groups is 3. The molecule has 4 unspecified atom stereocenters. The molecule has 1 aromatic carbocycles. The van der Waals surface area contributed by atoms with Crippen LogP contribution in [-0.4, -0.2) is 38.9 Å². The number of amides is 2. The minimum atomic E-state index is -4.52. The van der Waals surface area contributed by atoms with E-state index in [4.69, 9.17) is 0 Å². The number of carboxylic acid groups (broad SMARTS) is 1.